The molecule has 0 aromatic heterocycles. The number of hydrogen-bond donors (Lipinski definition) is 1. The van der Waals surface area contributed by atoms with Crippen LogP contribution in [-0.2, 0) is 9.84 Å². The highest BCUT2D eigenvalue weighted by atomic mass is 32.2. The van der Waals surface area contributed by atoms with Crippen molar-refractivity contribution in [1.82, 2.24) is 5.32 Å². The fourth-order valence-electron chi connectivity index (χ4n) is 2.83. The number of hydrogen-bond acceptors (Lipinski definition) is 5. The summed E-state index contributed by atoms with van der Waals surface area (Å²) in [6.45, 7) is 3.29. The molecule has 2 aliphatic rings. The Kier molecular flexibility index (Phi) is 4.08. The first-order chi connectivity index (χ1) is 10.1. The third-order valence-corrected chi connectivity index (χ3v) is 5.73. The Morgan fingerprint density at radius 3 is 2.71 bits per heavy atom. The van der Waals surface area contributed by atoms with E-state index in [1.807, 2.05) is 25.1 Å². The number of fused-ring (bicyclic) bond motifs is 1. The monoisotopic (exact) mass is 311 g/mol. The van der Waals surface area contributed by atoms with Crippen LogP contribution in [0.4, 0.5) is 0 Å². The Bertz CT molecular complexity index is 614. The predicted molar refractivity (Wildman–Crippen MR) is 80.7 cm³/mol. The van der Waals surface area contributed by atoms with Crippen LogP contribution in [0.2, 0.25) is 0 Å². The lowest BCUT2D eigenvalue weighted by Gasteiger charge is -2.31. The maximum Gasteiger partial charge on any atom is 0.161 e. The lowest BCUT2D eigenvalue weighted by atomic mass is 10.1. The topological polar surface area (TPSA) is 64.6 Å². The normalized spacial score (nSPS) is 27.9. The molecule has 2 atom stereocenters. The van der Waals surface area contributed by atoms with Crippen molar-refractivity contribution in [3.05, 3.63) is 23.8 Å². The van der Waals surface area contributed by atoms with Gasteiger partial charge in [0.1, 0.15) is 0 Å². The van der Waals surface area contributed by atoms with E-state index in [4.69, 9.17) is 9.47 Å². The van der Waals surface area contributed by atoms with Crippen molar-refractivity contribution in [2.45, 2.75) is 31.8 Å². The molecule has 0 amide bonds. The Morgan fingerprint density at radius 1 is 1.19 bits per heavy atom. The highest BCUT2D eigenvalue weighted by Crippen LogP contribution is 2.33. The van der Waals surface area contributed by atoms with Crippen molar-refractivity contribution in [3.8, 4) is 11.5 Å². The Balaban J connectivity index is 1.87. The smallest absolute Gasteiger partial charge is 0.161 e. The van der Waals surface area contributed by atoms with Crippen LogP contribution in [0.5, 0.6) is 11.5 Å². The predicted octanol–water partition coefficient (Wildman–Crippen LogP) is 1.69. The fraction of sp³-hybridized carbons (Fsp3) is 0.600. The first-order valence-electron chi connectivity index (χ1n) is 7.43. The van der Waals surface area contributed by atoms with Gasteiger partial charge in [0.2, 0.25) is 0 Å². The molecule has 2 aliphatic heterocycles. The van der Waals surface area contributed by atoms with Crippen molar-refractivity contribution in [1.29, 1.82) is 0 Å². The summed E-state index contributed by atoms with van der Waals surface area (Å²) in [5.41, 5.74) is 0.945. The molecule has 0 radical (unpaired) electrons. The van der Waals surface area contributed by atoms with Gasteiger partial charge < -0.3 is 14.8 Å². The van der Waals surface area contributed by atoms with E-state index in [9.17, 15) is 8.42 Å². The van der Waals surface area contributed by atoms with Crippen molar-refractivity contribution >= 4 is 9.84 Å². The molecule has 1 aromatic rings. The summed E-state index contributed by atoms with van der Waals surface area (Å²) in [6.07, 6.45) is 1.66. The van der Waals surface area contributed by atoms with Crippen LogP contribution < -0.4 is 14.8 Å². The molecular formula is C15H21NO4S. The van der Waals surface area contributed by atoms with Crippen LogP contribution in [0.1, 0.15) is 31.4 Å². The summed E-state index contributed by atoms with van der Waals surface area (Å²) in [7, 11) is -3.00. The third kappa shape index (κ3) is 3.32. The molecule has 3 rings (SSSR count). The molecule has 1 N–H and O–H groups in total. The second-order valence-electron chi connectivity index (χ2n) is 5.66. The molecular weight excluding hydrogens is 290 g/mol. The van der Waals surface area contributed by atoms with Gasteiger partial charge in [0.15, 0.2) is 21.3 Å². The number of benzene rings is 1. The summed E-state index contributed by atoms with van der Waals surface area (Å²) >= 11 is 0. The van der Waals surface area contributed by atoms with E-state index in [0.29, 0.717) is 19.0 Å². The second kappa shape index (κ2) is 5.85. The van der Waals surface area contributed by atoms with Gasteiger partial charge in [0, 0.05) is 18.5 Å². The van der Waals surface area contributed by atoms with Crippen LogP contribution in [-0.4, -0.2) is 39.2 Å². The Morgan fingerprint density at radius 2 is 1.95 bits per heavy atom. The first kappa shape index (κ1) is 14.7. The van der Waals surface area contributed by atoms with Gasteiger partial charge in [0.05, 0.1) is 24.7 Å². The summed E-state index contributed by atoms with van der Waals surface area (Å²) < 4.78 is 35.4. The van der Waals surface area contributed by atoms with E-state index in [1.165, 1.54) is 0 Å². The lowest BCUT2D eigenvalue weighted by Crippen LogP contribution is -2.46. The van der Waals surface area contributed by atoms with Gasteiger partial charge in [-0.15, -0.1) is 0 Å². The molecule has 0 saturated carbocycles. The van der Waals surface area contributed by atoms with Crippen LogP contribution in [0.3, 0.4) is 0 Å². The number of nitrogens with one attached hydrogen (secondary N) is 1. The van der Waals surface area contributed by atoms with Crippen molar-refractivity contribution < 1.29 is 17.9 Å². The molecule has 1 fully saturated rings. The number of rotatable bonds is 2. The highest BCUT2D eigenvalue weighted by Gasteiger charge is 2.31. The molecule has 6 heteroatoms. The van der Waals surface area contributed by atoms with Crippen LogP contribution in [0.15, 0.2) is 18.2 Å². The van der Waals surface area contributed by atoms with E-state index in [0.717, 1.165) is 24.2 Å². The van der Waals surface area contributed by atoms with Gasteiger partial charge in [-0.1, -0.05) is 13.0 Å². The summed E-state index contributed by atoms with van der Waals surface area (Å²) in [6, 6.07) is 5.56. The Hall–Kier alpha value is -1.27. The molecule has 1 aromatic carbocycles. The van der Waals surface area contributed by atoms with Gasteiger partial charge in [-0.2, -0.15) is 0 Å². The molecule has 116 valence electrons. The molecule has 0 aliphatic carbocycles. The van der Waals surface area contributed by atoms with Crippen molar-refractivity contribution in [2.24, 2.45) is 0 Å². The first-order valence-corrected chi connectivity index (χ1v) is 9.25. The lowest BCUT2D eigenvalue weighted by molar-refractivity contribution is 0.297. The largest absolute Gasteiger partial charge is 0.490 e. The van der Waals surface area contributed by atoms with E-state index in [1.54, 1.807) is 0 Å². The van der Waals surface area contributed by atoms with Crippen LogP contribution in [0, 0.1) is 0 Å². The van der Waals surface area contributed by atoms with E-state index < -0.39 is 9.84 Å². The molecule has 0 bridgehead atoms. The SMILES string of the molecule is CCC1CS(=O)(=O)CC(c2ccc3c(c2)OCCCO3)N1. The zero-order valence-corrected chi connectivity index (χ0v) is 13.0. The van der Waals surface area contributed by atoms with Crippen molar-refractivity contribution in [2.75, 3.05) is 24.7 Å². The average molecular weight is 311 g/mol. The van der Waals surface area contributed by atoms with E-state index in [2.05, 4.69) is 5.32 Å². The molecule has 5 nitrogen and oxygen atoms in total. The molecule has 2 unspecified atom stereocenters. The number of sulfone groups is 1. The van der Waals surface area contributed by atoms with Crippen molar-refractivity contribution in [3.63, 3.8) is 0 Å². The van der Waals surface area contributed by atoms with Gasteiger partial charge in [-0.25, -0.2) is 8.42 Å². The molecule has 0 spiro atoms. The number of ether oxygens (including phenoxy) is 2. The van der Waals surface area contributed by atoms with Gasteiger partial charge >= 0.3 is 0 Å². The highest BCUT2D eigenvalue weighted by molar-refractivity contribution is 7.91. The maximum absolute atomic E-state index is 12.1. The minimum absolute atomic E-state index is 0.0183. The van der Waals surface area contributed by atoms with Crippen LogP contribution in [0.25, 0.3) is 0 Å². The molecule has 2 heterocycles. The minimum atomic E-state index is -3.00. The van der Waals surface area contributed by atoms with E-state index in [-0.39, 0.29) is 23.6 Å². The maximum atomic E-state index is 12.1. The summed E-state index contributed by atoms with van der Waals surface area (Å²) in [4.78, 5) is 0. The minimum Gasteiger partial charge on any atom is -0.490 e. The van der Waals surface area contributed by atoms with Gasteiger partial charge in [-0.05, 0) is 24.1 Å². The quantitative estimate of drug-likeness (QED) is 0.900. The van der Waals surface area contributed by atoms with Gasteiger partial charge in [-0.3, -0.25) is 0 Å². The zero-order valence-electron chi connectivity index (χ0n) is 12.2. The molecule has 21 heavy (non-hydrogen) atoms. The zero-order chi connectivity index (χ0) is 14.9. The van der Waals surface area contributed by atoms with Gasteiger partial charge in [0.25, 0.3) is 0 Å². The van der Waals surface area contributed by atoms with E-state index >= 15 is 0 Å². The average Bonchev–Trinajstić information content (AvgIpc) is 2.69. The molecule has 1 saturated heterocycles. The third-order valence-electron chi connectivity index (χ3n) is 3.98. The fourth-order valence-corrected chi connectivity index (χ4v) is 4.71. The Labute approximate surface area is 125 Å². The van der Waals surface area contributed by atoms with Crippen LogP contribution >= 0.6 is 0 Å². The standard InChI is InChI=1S/C15H21NO4S/c1-2-12-9-21(17,18)10-13(16-12)11-4-5-14-15(8-11)20-7-3-6-19-14/h4-5,8,12-13,16H,2-3,6-7,9-10H2,1H3. The summed E-state index contributed by atoms with van der Waals surface area (Å²) in [5.74, 6) is 1.82. The second-order valence-corrected chi connectivity index (χ2v) is 7.81. The summed E-state index contributed by atoms with van der Waals surface area (Å²) in [5, 5.41) is 3.42.